The smallest absolute Gasteiger partial charge is 0.345 e. The standard InChI is InChI=1S/C25H39NO6Si/c1-10-30-23(28)20(24(29)31-11-2)17-21(27)26(7)18(3)22(19-15-13-12-14-16-19)32-33(8,9)25(4,5)6/h12-18,22H,10-11H2,1-9H3/t18-,22+/m0/s1. The second-order valence-corrected chi connectivity index (χ2v) is 14.2. The predicted octanol–water partition coefficient (Wildman–Crippen LogP) is 4.65. The van der Waals surface area contributed by atoms with Crippen molar-refractivity contribution < 1.29 is 28.3 Å². The predicted molar refractivity (Wildman–Crippen MR) is 131 cm³/mol. The SMILES string of the molecule is CCOC(=O)C(=CC(=O)N(C)[C@@H](C)[C@@H](O[Si](C)(C)C(C)(C)C)c1ccccc1)C(=O)OCC. The normalized spacial score (nSPS) is 13.5. The molecule has 184 valence electrons. The van der Waals surface area contributed by atoms with Gasteiger partial charge < -0.3 is 18.8 Å². The molecule has 0 spiro atoms. The zero-order valence-corrected chi connectivity index (χ0v) is 22.4. The van der Waals surface area contributed by atoms with E-state index >= 15 is 0 Å². The van der Waals surface area contributed by atoms with E-state index in [-0.39, 0.29) is 30.4 Å². The number of rotatable bonds is 10. The van der Waals surface area contributed by atoms with Crippen LogP contribution in [0.1, 0.15) is 53.2 Å². The number of carbonyl (C=O) groups is 3. The summed E-state index contributed by atoms with van der Waals surface area (Å²) in [7, 11) is -0.558. The van der Waals surface area contributed by atoms with Crippen LogP contribution in [0.5, 0.6) is 0 Å². The highest BCUT2D eigenvalue weighted by Crippen LogP contribution is 2.41. The third-order valence-corrected chi connectivity index (χ3v) is 10.5. The highest BCUT2D eigenvalue weighted by Gasteiger charge is 2.41. The first-order valence-electron chi connectivity index (χ1n) is 11.3. The van der Waals surface area contributed by atoms with Gasteiger partial charge in [0, 0.05) is 13.1 Å². The second-order valence-electron chi connectivity index (χ2n) is 9.40. The molecule has 0 heterocycles. The largest absolute Gasteiger partial charge is 0.462 e. The van der Waals surface area contributed by atoms with Crippen molar-refractivity contribution in [1.82, 2.24) is 4.90 Å². The van der Waals surface area contributed by atoms with Gasteiger partial charge in [0.2, 0.25) is 5.91 Å². The summed E-state index contributed by atoms with van der Waals surface area (Å²) in [6, 6.07) is 9.38. The summed E-state index contributed by atoms with van der Waals surface area (Å²) < 4.78 is 16.6. The molecule has 0 aromatic heterocycles. The lowest BCUT2D eigenvalue weighted by Gasteiger charge is -2.42. The second kappa shape index (κ2) is 12.1. The maximum absolute atomic E-state index is 13.1. The summed E-state index contributed by atoms with van der Waals surface area (Å²) in [5.41, 5.74) is 0.527. The molecule has 1 rings (SSSR count). The summed E-state index contributed by atoms with van der Waals surface area (Å²) in [6.45, 7) is 16.1. The van der Waals surface area contributed by atoms with Crippen molar-refractivity contribution in [3.05, 3.63) is 47.5 Å². The van der Waals surface area contributed by atoms with Crippen molar-refractivity contribution >= 4 is 26.2 Å². The van der Waals surface area contributed by atoms with Gasteiger partial charge in [0.05, 0.1) is 25.4 Å². The Hall–Kier alpha value is -2.45. The average Bonchev–Trinajstić information content (AvgIpc) is 2.74. The van der Waals surface area contributed by atoms with Gasteiger partial charge in [0.1, 0.15) is 5.57 Å². The maximum Gasteiger partial charge on any atom is 0.345 e. The third-order valence-electron chi connectivity index (χ3n) is 6.01. The molecule has 0 fully saturated rings. The van der Waals surface area contributed by atoms with E-state index in [9.17, 15) is 14.4 Å². The van der Waals surface area contributed by atoms with E-state index in [1.54, 1.807) is 20.9 Å². The number of nitrogens with zero attached hydrogens (tertiary/aromatic N) is 1. The molecule has 1 aromatic rings. The summed E-state index contributed by atoms with van der Waals surface area (Å²) in [6.07, 6.45) is 0.601. The van der Waals surface area contributed by atoms with Crippen LogP contribution in [0.4, 0.5) is 0 Å². The van der Waals surface area contributed by atoms with Crippen molar-refractivity contribution in [2.75, 3.05) is 20.3 Å². The molecule has 7 nitrogen and oxygen atoms in total. The fourth-order valence-electron chi connectivity index (χ4n) is 2.83. The number of hydrogen-bond donors (Lipinski definition) is 0. The highest BCUT2D eigenvalue weighted by molar-refractivity contribution is 6.74. The Kier molecular flexibility index (Phi) is 10.5. The van der Waals surface area contributed by atoms with E-state index in [0.29, 0.717) is 0 Å². The van der Waals surface area contributed by atoms with Gasteiger partial charge in [0.25, 0.3) is 0 Å². The van der Waals surface area contributed by atoms with Crippen LogP contribution >= 0.6 is 0 Å². The van der Waals surface area contributed by atoms with Gasteiger partial charge in [-0.05, 0) is 44.5 Å². The van der Waals surface area contributed by atoms with Crippen molar-refractivity contribution in [2.45, 2.75) is 71.8 Å². The highest BCUT2D eigenvalue weighted by atomic mass is 28.4. The summed E-state index contributed by atoms with van der Waals surface area (Å²) >= 11 is 0. The first-order valence-corrected chi connectivity index (χ1v) is 14.2. The lowest BCUT2D eigenvalue weighted by Crippen LogP contribution is -2.47. The van der Waals surface area contributed by atoms with Crippen molar-refractivity contribution in [3.63, 3.8) is 0 Å². The Bertz CT molecular complexity index is 824. The van der Waals surface area contributed by atoms with Gasteiger partial charge in [-0.3, -0.25) is 4.79 Å². The summed E-state index contributed by atoms with van der Waals surface area (Å²) in [5.74, 6) is -2.29. The third kappa shape index (κ3) is 7.82. The molecule has 0 aliphatic carbocycles. The molecule has 33 heavy (non-hydrogen) atoms. The maximum atomic E-state index is 13.1. The lowest BCUT2D eigenvalue weighted by molar-refractivity contribution is -0.147. The van der Waals surface area contributed by atoms with Crippen molar-refractivity contribution in [2.24, 2.45) is 0 Å². The van der Waals surface area contributed by atoms with Crippen LogP contribution in [-0.4, -0.2) is 57.4 Å². The number of esters is 2. The molecule has 0 radical (unpaired) electrons. The van der Waals surface area contributed by atoms with Gasteiger partial charge in [0.15, 0.2) is 8.32 Å². The molecule has 2 atom stereocenters. The summed E-state index contributed by atoms with van der Waals surface area (Å²) in [4.78, 5) is 39.1. The Morgan fingerprint density at radius 2 is 1.48 bits per heavy atom. The first-order chi connectivity index (χ1) is 15.3. The van der Waals surface area contributed by atoms with Crippen LogP contribution in [0.3, 0.4) is 0 Å². The van der Waals surface area contributed by atoms with Crippen molar-refractivity contribution in [3.8, 4) is 0 Å². The first kappa shape index (κ1) is 28.6. The van der Waals surface area contributed by atoms with Crippen LogP contribution in [-0.2, 0) is 28.3 Å². The van der Waals surface area contributed by atoms with Crippen molar-refractivity contribution in [1.29, 1.82) is 0 Å². The van der Waals surface area contributed by atoms with E-state index in [1.807, 2.05) is 37.3 Å². The molecule has 1 aromatic carbocycles. The zero-order valence-electron chi connectivity index (χ0n) is 21.4. The minimum absolute atomic E-state index is 0.0246. The Morgan fingerprint density at radius 1 is 1.00 bits per heavy atom. The molecule has 8 heteroatoms. The zero-order chi connectivity index (χ0) is 25.4. The lowest BCUT2D eigenvalue weighted by atomic mass is 10.0. The van der Waals surface area contributed by atoms with Crippen LogP contribution in [0.15, 0.2) is 42.0 Å². The molecule has 0 saturated carbocycles. The molecule has 0 N–H and O–H groups in total. The molecule has 0 unspecified atom stereocenters. The number of carbonyl (C=O) groups excluding carboxylic acids is 3. The molecule has 1 amide bonds. The number of benzene rings is 1. The Balaban J connectivity index is 3.31. The molecular formula is C25H39NO6Si. The number of likely N-dealkylation sites (N-methyl/N-ethyl adjacent to an activating group) is 1. The van der Waals surface area contributed by atoms with Gasteiger partial charge in [-0.2, -0.15) is 0 Å². The topological polar surface area (TPSA) is 82.1 Å². The molecular weight excluding hydrogens is 438 g/mol. The van der Waals surface area contributed by atoms with Crippen LogP contribution < -0.4 is 0 Å². The number of ether oxygens (including phenoxy) is 2. The average molecular weight is 478 g/mol. The molecule has 0 bridgehead atoms. The number of hydrogen-bond acceptors (Lipinski definition) is 6. The van der Waals surface area contributed by atoms with E-state index in [1.165, 1.54) is 4.90 Å². The van der Waals surface area contributed by atoms with Gasteiger partial charge >= 0.3 is 11.9 Å². The Labute approximate surface area is 199 Å². The molecule has 0 saturated heterocycles. The number of amides is 1. The Morgan fingerprint density at radius 3 is 1.91 bits per heavy atom. The van der Waals surface area contributed by atoms with Crippen LogP contribution in [0.25, 0.3) is 0 Å². The quantitative estimate of drug-likeness (QED) is 0.160. The summed E-state index contributed by atoms with van der Waals surface area (Å²) in [5, 5.41) is -0.0246. The van der Waals surface area contributed by atoms with Gasteiger partial charge in [-0.1, -0.05) is 51.1 Å². The fourth-order valence-corrected chi connectivity index (χ4v) is 4.15. The monoisotopic (exact) mass is 477 g/mol. The minimum Gasteiger partial charge on any atom is -0.462 e. The fraction of sp³-hybridized carbons (Fsp3) is 0.560. The van der Waals surface area contributed by atoms with E-state index in [4.69, 9.17) is 13.9 Å². The van der Waals surface area contributed by atoms with Crippen LogP contribution in [0.2, 0.25) is 18.1 Å². The van der Waals surface area contributed by atoms with Gasteiger partial charge in [-0.15, -0.1) is 0 Å². The molecule has 0 aliphatic heterocycles. The van der Waals surface area contributed by atoms with E-state index in [0.717, 1.165) is 11.6 Å². The van der Waals surface area contributed by atoms with E-state index < -0.39 is 31.7 Å². The van der Waals surface area contributed by atoms with Crippen LogP contribution in [0, 0.1) is 0 Å². The van der Waals surface area contributed by atoms with E-state index in [2.05, 4.69) is 33.9 Å². The molecule has 0 aliphatic rings. The minimum atomic E-state index is -2.19. The van der Waals surface area contributed by atoms with Gasteiger partial charge in [-0.25, -0.2) is 9.59 Å².